The topological polar surface area (TPSA) is 50.7 Å². The number of aliphatic hydroxyl groups is 1. The minimum Gasteiger partial charge on any atom is -0.489 e. The average Bonchev–Trinajstić information content (AvgIpc) is 2.64. The van der Waals surface area contributed by atoms with Gasteiger partial charge in [-0.25, -0.2) is 0 Å². The molecule has 2 N–H and O–H groups in total. The number of aliphatic hydroxyl groups excluding tert-OH is 1. The Morgan fingerprint density at radius 2 is 2.04 bits per heavy atom. The summed E-state index contributed by atoms with van der Waals surface area (Å²) in [6, 6.07) is 16.3. The predicted molar refractivity (Wildman–Crippen MR) is 94.5 cm³/mol. The Balaban J connectivity index is 1.55. The lowest BCUT2D eigenvalue weighted by Crippen LogP contribution is -2.34. The summed E-state index contributed by atoms with van der Waals surface area (Å²) in [5.74, 6) is 1.77. The Bertz CT molecular complexity index is 630. The Kier molecular flexibility index (Phi) is 6.10. The van der Waals surface area contributed by atoms with Crippen LogP contribution in [0.15, 0.2) is 48.5 Å². The van der Waals surface area contributed by atoms with E-state index >= 15 is 0 Å². The highest BCUT2D eigenvalue weighted by atomic mass is 16.5. The first-order chi connectivity index (χ1) is 11.8. The minimum absolute atomic E-state index is 0.181. The minimum atomic E-state index is 0.181. The summed E-state index contributed by atoms with van der Waals surface area (Å²) in [7, 11) is 0. The maximum Gasteiger partial charge on any atom is 0.126 e. The number of hydrogen-bond donors (Lipinski definition) is 2. The third-order valence-electron chi connectivity index (χ3n) is 4.20. The number of nitrogens with one attached hydrogen (secondary N) is 1. The summed E-state index contributed by atoms with van der Waals surface area (Å²) in [6.45, 7) is 2.42. The lowest BCUT2D eigenvalue weighted by Gasteiger charge is -2.26. The molecule has 0 spiro atoms. The van der Waals surface area contributed by atoms with Gasteiger partial charge < -0.3 is 19.9 Å². The first kappa shape index (κ1) is 16.8. The summed E-state index contributed by atoms with van der Waals surface area (Å²) < 4.78 is 12.0. The van der Waals surface area contributed by atoms with E-state index in [0.29, 0.717) is 6.61 Å². The second-order valence-electron chi connectivity index (χ2n) is 6.10. The molecular weight excluding hydrogens is 302 g/mol. The molecule has 0 fully saturated rings. The quantitative estimate of drug-likeness (QED) is 0.732. The van der Waals surface area contributed by atoms with Crippen molar-refractivity contribution in [1.29, 1.82) is 0 Å². The fourth-order valence-corrected chi connectivity index (χ4v) is 2.85. The number of benzene rings is 2. The van der Waals surface area contributed by atoms with Gasteiger partial charge in [-0.1, -0.05) is 36.4 Å². The second kappa shape index (κ2) is 8.71. The van der Waals surface area contributed by atoms with Crippen molar-refractivity contribution < 1.29 is 14.6 Å². The molecule has 0 bridgehead atoms. The van der Waals surface area contributed by atoms with Crippen molar-refractivity contribution >= 4 is 0 Å². The fourth-order valence-electron chi connectivity index (χ4n) is 2.85. The Morgan fingerprint density at radius 1 is 1.17 bits per heavy atom. The van der Waals surface area contributed by atoms with E-state index in [2.05, 4.69) is 23.5 Å². The van der Waals surface area contributed by atoms with E-state index in [1.807, 2.05) is 30.3 Å². The van der Waals surface area contributed by atoms with Crippen LogP contribution < -0.4 is 14.8 Å². The average molecular weight is 327 g/mol. The molecule has 3 rings (SSSR count). The Morgan fingerprint density at radius 3 is 2.88 bits per heavy atom. The van der Waals surface area contributed by atoms with E-state index in [-0.39, 0.29) is 12.7 Å². The zero-order chi connectivity index (χ0) is 16.6. The van der Waals surface area contributed by atoms with Crippen molar-refractivity contribution in [3.8, 4) is 11.5 Å². The van der Waals surface area contributed by atoms with Crippen molar-refractivity contribution in [2.45, 2.75) is 32.0 Å². The van der Waals surface area contributed by atoms with Crippen LogP contribution in [0.1, 0.15) is 24.0 Å². The lowest BCUT2D eigenvalue weighted by molar-refractivity contribution is 0.168. The summed E-state index contributed by atoms with van der Waals surface area (Å²) in [5, 5.41) is 12.1. The summed E-state index contributed by atoms with van der Waals surface area (Å²) in [5.41, 5.74) is 2.40. The SMILES string of the molecule is OCCCNC[C@@H]1CCc2ccc(OCc3ccccc3)cc2O1. The molecule has 0 aromatic heterocycles. The zero-order valence-corrected chi connectivity index (χ0v) is 13.9. The highest BCUT2D eigenvalue weighted by Crippen LogP contribution is 2.31. The van der Waals surface area contributed by atoms with E-state index in [0.717, 1.165) is 49.4 Å². The third-order valence-corrected chi connectivity index (χ3v) is 4.20. The van der Waals surface area contributed by atoms with Crippen LogP contribution in [-0.4, -0.2) is 30.9 Å². The number of rotatable bonds is 8. The largest absolute Gasteiger partial charge is 0.489 e. The zero-order valence-electron chi connectivity index (χ0n) is 13.9. The summed E-state index contributed by atoms with van der Waals surface area (Å²) in [4.78, 5) is 0. The number of fused-ring (bicyclic) bond motifs is 1. The molecule has 0 saturated carbocycles. The molecule has 2 aromatic carbocycles. The maximum absolute atomic E-state index is 8.81. The van der Waals surface area contributed by atoms with Crippen molar-refractivity contribution in [3.63, 3.8) is 0 Å². The molecule has 128 valence electrons. The van der Waals surface area contributed by atoms with Crippen LogP contribution in [0.25, 0.3) is 0 Å². The van der Waals surface area contributed by atoms with Crippen LogP contribution in [0.5, 0.6) is 11.5 Å². The molecule has 1 aliphatic heterocycles. The van der Waals surface area contributed by atoms with Gasteiger partial charge in [-0.05, 0) is 43.0 Å². The second-order valence-corrected chi connectivity index (χ2v) is 6.10. The van der Waals surface area contributed by atoms with Crippen molar-refractivity contribution in [3.05, 3.63) is 59.7 Å². The van der Waals surface area contributed by atoms with E-state index in [1.54, 1.807) is 0 Å². The molecule has 0 radical (unpaired) electrons. The van der Waals surface area contributed by atoms with Gasteiger partial charge in [-0.3, -0.25) is 0 Å². The molecule has 1 atom stereocenters. The van der Waals surface area contributed by atoms with E-state index < -0.39 is 0 Å². The van der Waals surface area contributed by atoms with Gasteiger partial charge >= 0.3 is 0 Å². The van der Waals surface area contributed by atoms with Crippen molar-refractivity contribution in [1.82, 2.24) is 5.32 Å². The molecule has 24 heavy (non-hydrogen) atoms. The third kappa shape index (κ3) is 4.73. The van der Waals surface area contributed by atoms with E-state index in [4.69, 9.17) is 14.6 Å². The van der Waals surface area contributed by atoms with Crippen molar-refractivity contribution in [2.24, 2.45) is 0 Å². The maximum atomic E-state index is 8.81. The van der Waals surface area contributed by atoms with Gasteiger partial charge in [0.05, 0.1) is 0 Å². The molecule has 1 heterocycles. The normalized spacial score (nSPS) is 16.3. The van der Waals surface area contributed by atoms with Gasteiger partial charge in [-0.15, -0.1) is 0 Å². The molecule has 0 unspecified atom stereocenters. The van der Waals surface area contributed by atoms with Gasteiger partial charge in [0.1, 0.15) is 24.2 Å². The molecule has 4 heteroatoms. The van der Waals surface area contributed by atoms with Crippen LogP contribution in [0.2, 0.25) is 0 Å². The molecule has 1 aliphatic rings. The Labute approximate surface area is 143 Å². The van der Waals surface area contributed by atoms with Gasteiger partial charge in [0.25, 0.3) is 0 Å². The summed E-state index contributed by atoms with van der Waals surface area (Å²) >= 11 is 0. The fraction of sp³-hybridized carbons (Fsp3) is 0.400. The smallest absolute Gasteiger partial charge is 0.126 e. The van der Waals surface area contributed by atoms with Gasteiger partial charge in [0.2, 0.25) is 0 Å². The van der Waals surface area contributed by atoms with Crippen LogP contribution in [0.3, 0.4) is 0 Å². The molecule has 2 aromatic rings. The lowest BCUT2D eigenvalue weighted by atomic mass is 10.0. The van der Waals surface area contributed by atoms with Crippen LogP contribution in [0.4, 0.5) is 0 Å². The van der Waals surface area contributed by atoms with E-state index in [1.165, 1.54) is 5.56 Å². The highest BCUT2D eigenvalue weighted by Gasteiger charge is 2.19. The predicted octanol–water partition coefficient (Wildman–Crippen LogP) is 2.93. The Hall–Kier alpha value is -2.04. The van der Waals surface area contributed by atoms with Gasteiger partial charge in [0, 0.05) is 19.2 Å². The van der Waals surface area contributed by atoms with Crippen LogP contribution >= 0.6 is 0 Å². The molecule has 0 saturated heterocycles. The monoisotopic (exact) mass is 327 g/mol. The molecular formula is C20H25NO3. The highest BCUT2D eigenvalue weighted by molar-refractivity contribution is 5.42. The number of ether oxygens (including phenoxy) is 2. The van der Waals surface area contributed by atoms with Gasteiger partial charge in [0.15, 0.2) is 0 Å². The number of aryl methyl sites for hydroxylation is 1. The van der Waals surface area contributed by atoms with Crippen LogP contribution in [-0.2, 0) is 13.0 Å². The standard InChI is InChI=1S/C20H25NO3/c22-12-4-11-21-14-19-10-8-17-7-9-18(13-20(17)24-19)23-15-16-5-2-1-3-6-16/h1-3,5-7,9,13,19,21-22H,4,8,10-12,14-15H2/t19-/m0/s1. The summed E-state index contributed by atoms with van der Waals surface area (Å²) in [6.07, 6.45) is 3.01. The first-order valence-corrected chi connectivity index (χ1v) is 8.63. The molecule has 4 nitrogen and oxygen atoms in total. The van der Waals surface area contributed by atoms with E-state index in [9.17, 15) is 0 Å². The van der Waals surface area contributed by atoms with Crippen LogP contribution in [0, 0.1) is 0 Å². The molecule has 0 amide bonds. The molecule has 0 aliphatic carbocycles. The van der Waals surface area contributed by atoms with Gasteiger partial charge in [-0.2, -0.15) is 0 Å². The van der Waals surface area contributed by atoms with Crippen molar-refractivity contribution in [2.75, 3.05) is 19.7 Å². The number of hydrogen-bond acceptors (Lipinski definition) is 4. The first-order valence-electron chi connectivity index (χ1n) is 8.63.